The van der Waals surface area contributed by atoms with Crippen LogP contribution < -0.4 is 9.47 Å². The third-order valence-electron chi connectivity index (χ3n) is 3.05. The highest BCUT2D eigenvalue weighted by atomic mass is 16.5. The van der Waals surface area contributed by atoms with Crippen LogP contribution in [0.3, 0.4) is 0 Å². The van der Waals surface area contributed by atoms with Crippen molar-refractivity contribution in [1.29, 1.82) is 0 Å². The Morgan fingerprint density at radius 1 is 0.955 bits per heavy atom. The van der Waals surface area contributed by atoms with E-state index in [4.69, 9.17) is 14.2 Å². The number of ketones is 1. The largest absolute Gasteiger partial charge is 0.497 e. The van der Waals surface area contributed by atoms with Crippen molar-refractivity contribution in [3.8, 4) is 11.5 Å². The lowest BCUT2D eigenvalue weighted by atomic mass is 10.1. The molecular formula is C17H16O5. The topological polar surface area (TPSA) is 61.8 Å². The van der Waals surface area contributed by atoms with Gasteiger partial charge in [-0.2, -0.15) is 0 Å². The Hall–Kier alpha value is -2.82. The second-order valence-electron chi connectivity index (χ2n) is 4.43. The molecule has 0 aliphatic carbocycles. The lowest BCUT2D eigenvalue weighted by molar-refractivity contribution is 0.0474. The molecule has 0 radical (unpaired) electrons. The molecular weight excluding hydrogens is 284 g/mol. The minimum atomic E-state index is -0.540. The molecule has 2 rings (SSSR count). The lowest BCUT2D eigenvalue weighted by Crippen LogP contribution is -2.15. The van der Waals surface area contributed by atoms with E-state index in [-0.39, 0.29) is 12.4 Å². The number of carbonyl (C=O) groups excluding carboxylic acids is 2. The fourth-order valence-electron chi connectivity index (χ4n) is 1.90. The maximum Gasteiger partial charge on any atom is 0.338 e. The van der Waals surface area contributed by atoms with Crippen LogP contribution in [-0.2, 0) is 4.74 Å². The summed E-state index contributed by atoms with van der Waals surface area (Å²) >= 11 is 0. The second kappa shape index (κ2) is 7.26. The summed E-state index contributed by atoms with van der Waals surface area (Å²) in [6, 6.07) is 13.3. The molecule has 0 saturated carbocycles. The minimum absolute atomic E-state index is 0.337. The Morgan fingerprint density at radius 3 is 2.32 bits per heavy atom. The molecule has 0 unspecified atom stereocenters. The van der Waals surface area contributed by atoms with E-state index >= 15 is 0 Å². The van der Waals surface area contributed by atoms with Gasteiger partial charge >= 0.3 is 5.97 Å². The average Bonchev–Trinajstić information content (AvgIpc) is 2.59. The van der Waals surface area contributed by atoms with Gasteiger partial charge in [-0.15, -0.1) is 0 Å². The predicted molar refractivity (Wildman–Crippen MR) is 80.6 cm³/mol. The number of hydrogen-bond donors (Lipinski definition) is 0. The molecule has 0 atom stereocenters. The quantitative estimate of drug-likeness (QED) is 0.606. The highest BCUT2D eigenvalue weighted by Crippen LogP contribution is 2.25. The van der Waals surface area contributed by atoms with Gasteiger partial charge in [-0.1, -0.05) is 18.2 Å². The Bertz CT molecular complexity index is 664. The number of carbonyl (C=O) groups is 2. The van der Waals surface area contributed by atoms with Gasteiger partial charge in [0.2, 0.25) is 5.78 Å². The van der Waals surface area contributed by atoms with Crippen molar-refractivity contribution in [2.24, 2.45) is 0 Å². The molecule has 0 amide bonds. The van der Waals surface area contributed by atoms with Crippen LogP contribution in [0.4, 0.5) is 0 Å². The molecule has 0 heterocycles. The summed E-state index contributed by atoms with van der Waals surface area (Å²) in [4.78, 5) is 24.0. The summed E-state index contributed by atoms with van der Waals surface area (Å²) in [5, 5.41) is 0. The lowest BCUT2D eigenvalue weighted by Gasteiger charge is -2.10. The first-order valence-electron chi connectivity index (χ1n) is 6.63. The Kier molecular flexibility index (Phi) is 5.14. The number of hydrogen-bond acceptors (Lipinski definition) is 5. The summed E-state index contributed by atoms with van der Waals surface area (Å²) in [7, 11) is 2.99. The van der Waals surface area contributed by atoms with E-state index in [1.54, 1.807) is 48.5 Å². The molecule has 2 aromatic rings. The Morgan fingerprint density at radius 2 is 1.68 bits per heavy atom. The monoisotopic (exact) mass is 300 g/mol. The first-order chi connectivity index (χ1) is 10.7. The fraction of sp³-hybridized carbons (Fsp3) is 0.176. The van der Waals surface area contributed by atoms with E-state index in [1.807, 2.05) is 0 Å². The smallest absolute Gasteiger partial charge is 0.338 e. The van der Waals surface area contributed by atoms with E-state index in [0.29, 0.717) is 22.6 Å². The molecule has 0 bridgehead atoms. The summed E-state index contributed by atoms with van der Waals surface area (Å²) in [5.74, 6) is 0.0694. The first kappa shape index (κ1) is 15.6. The molecule has 0 saturated heterocycles. The zero-order chi connectivity index (χ0) is 15.9. The molecule has 0 N–H and O–H groups in total. The second-order valence-corrected chi connectivity index (χ2v) is 4.43. The number of esters is 1. The first-order valence-corrected chi connectivity index (χ1v) is 6.63. The molecule has 0 fully saturated rings. The van der Waals surface area contributed by atoms with Gasteiger partial charge < -0.3 is 14.2 Å². The van der Waals surface area contributed by atoms with Crippen molar-refractivity contribution in [3.63, 3.8) is 0 Å². The fourth-order valence-corrected chi connectivity index (χ4v) is 1.90. The predicted octanol–water partition coefficient (Wildman–Crippen LogP) is 2.74. The van der Waals surface area contributed by atoms with Crippen LogP contribution in [0.15, 0.2) is 48.5 Å². The molecule has 114 valence electrons. The van der Waals surface area contributed by atoms with Crippen LogP contribution in [0.1, 0.15) is 20.7 Å². The van der Waals surface area contributed by atoms with Gasteiger partial charge in [0.05, 0.1) is 25.3 Å². The van der Waals surface area contributed by atoms with Crippen LogP contribution in [0, 0.1) is 0 Å². The standard InChI is InChI=1S/C17H16O5/c1-20-13-8-9-14(16(10-13)21-2)15(18)11-22-17(19)12-6-4-3-5-7-12/h3-10H,11H2,1-2H3. The zero-order valence-electron chi connectivity index (χ0n) is 12.4. The van der Waals surface area contributed by atoms with Gasteiger partial charge in [-0.3, -0.25) is 4.79 Å². The van der Waals surface area contributed by atoms with E-state index in [0.717, 1.165) is 0 Å². The molecule has 0 aromatic heterocycles. The highest BCUT2D eigenvalue weighted by Gasteiger charge is 2.16. The highest BCUT2D eigenvalue weighted by molar-refractivity contribution is 6.01. The van der Waals surface area contributed by atoms with Crippen molar-refractivity contribution in [2.45, 2.75) is 0 Å². The van der Waals surface area contributed by atoms with Gasteiger partial charge in [-0.25, -0.2) is 4.79 Å². The molecule has 2 aromatic carbocycles. The van der Waals surface area contributed by atoms with E-state index in [9.17, 15) is 9.59 Å². The number of ether oxygens (including phenoxy) is 3. The molecule has 5 nitrogen and oxygen atoms in total. The SMILES string of the molecule is COc1ccc(C(=O)COC(=O)c2ccccc2)c(OC)c1. The maximum atomic E-state index is 12.2. The van der Waals surface area contributed by atoms with Crippen LogP contribution in [0.2, 0.25) is 0 Å². The van der Waals surface area contributed by atoms with Crippen LogP contribution in [0.25, 0.3) is 0 Å². The molecule has 22 heavy (non-hydrogen) atoms. The van der Waals surface area contributed by atoms with Gasteiger partial charge in [0.25, 0.3) is 0 Å². The van der Waals surface area contributed by atoms with E-state index in [1.165, 1.54) is 14.2 Å². The van der Waals surface area contributed by atoms with E-state index in [2.05, 4.69) is 0 Å². The molecule has 0 aliphatic rings. The van der Waals surface area contributed by atoms with Crippen molar-refractivity contribution in [3.05, 3.63) is 59.7 Å². The summed E-state index contributed by atoms with van der Waals surface area (Å²) in [5.41, 5.74) is 0.737. The molecule has 0 spiro atoms. The van der Waals surface area contributed by atoms with Gasteiger partial charge in [0.1, 0.15) is 11.5 Å². The minimum Gasteiger partial charge on any atom is -0.497 e. The van der Waals surface area contributed by atoms with Gasteiger partial charge in [0.15, 0.2) is 6.61 Å². The number of benzene rings is 2. The number of rotatable bonds is 6. The number of Topliss-reactive ketones (excluding diaryl/α,β-unsaturated/α-hetero) is 1. The third-order valence-corrected chi connectivity index (χ3v) is 3.05. The van der Waals surface area contributed by atoms with Gasteiger partial charge in [-0.05, 0) is 24.3 Å². The Balaban J connectivity index is 2.05. The average molecular weight is 300 g/mol. The van der Waals surface area contributed by atoms with Crippen molar-refractivity contribution in [2.75, 3.05) is 20.8 Å². The molecule has 0 aliphatic heterocycles. The van der Waals surface area contributed by atoms with Crippen molar-refractivity contribution >= 4 is 11.8 Å². The van der Waals surface area contributed by atoms with Crippen LogP contribution in [-0.4, -0.2) is 32.6 Å². The van der Waals surface area contributed by atoms with E-state index < -0.39 is 5.97 Å². The van der Waals surface area contributed by atoms with Crippen LogP contribution >= 0.6 is 0 Å². The summed E-state index contributed by atoms with van der Waals surface area (Å²) in [6.45, 7) is -0.351. The molecule has 5 heteroatoms. The normalized spacial score (nSPS) is 9.91. The zero-order valence-corrected chi connectivity index (χ0v) is 12.4. The van der Waals surface area contributed by atoms with Crippen molar-refractivity contribution in [1.82, 2.24) is 0 Å². The van der Waals surface area contributed by atoms with Gasteiger partial charge in [0, 0.05) is 6.07 Å². The summed E-state index contributed by atoms with van der Waals surface area (Å²) < 4.78 is 15.3. The number of methoxy groups -OCH3 is 2. The van der Waals surface area contributed by atoms with Crippen LogP contribution in [0.5, 0.6) is 11.5 Å². The Labute approximate surface area is 128 Å². The summed E-state index contributed by atoms with van der Waals surface area (Å²) in [6.07, 6.45) is 0. The van der Waals surface area contributed by atoms with Crippen molar-refractivity contribution < 1.29 is 23.8 Å². The maximum absolute atomic E-state index is 12.2. The third kappa shape index (κ3) is 3.63.